The molecule has 0 aromatic heterocycles. The van der Waals surface area contributed by atoms with Gasteiger partial charge in [0.15, 0.2) is 0 Å². The summed E-state index contributed by atoms with van der Waals surface area (Å²) in [5.74, 6) is -1.26. The molecule has 0 aliphatic heterocycles. The van der Waals surface area contributed by atoms with Crippen molar-refractivity contribution in [1.29, 1.82) is 5.26 Å². The lowest BCUT2D eigenvalue weighted by molar-refractivity contribution is -0.131. The van der Waals surface area contributed by atoms with Crippen LogP contribution < -0.4 is 5.32 Å². The number of halogens is 2. The van der Waals surface area contributed by atoms with Gasteiger partial charge in [-0.3, -0.25) is 5.32 Å². The molecule has 2 aromatic carbocycles. The number of carbonyl (C=O) groups is 2. The van der Waals surface area contributed by atoms with Crippen LogP contribution in [0.4, 0.5) is 10.5 Å². The van der Waals surface area contributed by atoms with Crippen LogP contribution in [-0.4, -0.2) is 22.3 Å². The first-order valence-corrected chi connectivity index (χ1v) is 9.44. The molecule has 28 heavy (non-hydrogen) atoms. The number of anilines is 1. The smallest absolute Gasteiger partial charge is 0.412 e. The Bertz CT molecular complexity index is 952. The SMILES string of the molecule is N#Cc1ccc(NC(=O)O[C@@H](C/C=C/C(=O)O)c2cc(Br)cc(Br)c2O)cc1. The van der Waals surface area contributed by atoms with Crippen molar-refractivity contribution in [3.05, 3.63) is 68.6 Å². The number of rotatable bonds is 6. The number of carbonyl (C=O) groups excluding carboxylic acids is 1. The Morgan fingerprint density at radius 2 is 1.93 bits per heavy atom. The van der Waals surface area contributed by atoms with Crippen molar-refractivity contribution in [3.63, 3.8) is 0 Å². The Balaban J connectivity index is 2.22. The van der Waals surface area contributed by atoms with Crippen LogP contribution in [0.15, 0.2) is 57.5 Å². The first-order valence-electron chi connectivity index (χ1n) is 7.85. The Labute approximate surface area is 177 Å². The third-order valence-electron chi connectivity index (χ3n) is 3.52. The van der Waals surface area contributed by atoms with Crippen molar-refractivity contribution in [3.8, 4) is 11.8 Å². The van der Waals surface area contributed by atoms with E-state index in [9.17, 15) is 14.7 Å². The van der Waals surface area contributed by atoms with Gasteiger partial charge in [0.05, 0.1) is 16.1 Å². The predicted octanol–water partition coefficient (Wildman–Crippen LogP) is 5.11. The van der Waals surface area contributed by atoms with E-state index in [2.05, 4.69) is 37.2 Å². The molecule has 0 bridgehead atoms. The van der Waals surface area contributed by atoms with E-state index in [1.54, 1.807) is 36.4 Å². The van der Waals surface area contributed by atoms with Gasteiger partial charge in [0.1, 0.15) is 11.9 Å². The molecule has 0 fully saturated rings. The van der Waals surface area contributed by atoms with Gasteiger partial charge in [-0.2, -0.15) is 5.26 Å². The Kier molecular flexibility index (Phi) is 7.61. The molecule has 0 radical (unpaired) electrons. The van der Waals surface area contributed by atoms with Crippen LogP contribution in [0.25, 0.3) is 0 Å². The van der Waals surface area contributed by atoms with Crippen LogP contribution in [0.3, 0.4) is 0 Å². The van der Waals surface area contributed by atoms with Gasteiger partial charge in [-0.15, -0.1) is 0 Å². The molecule has 144 valence electrons. The monoisotopic (exact) mass is 508 g/mol. The van der Waals surface area contributed by atoms with Gasteiger partial charge >= 0.3 is 12.1 Å². The van der Waals surface area contributed by atoms with E-state index in [1.807, 2.05) is 6.07 Å². The van der Waals surface area contributed by atoms with Crippen molar-refractivity contribution in [2.75, 3.05) is 5.32 Å². The quantitative estimate of drug-likeness (QED) is 0.465. The third kappa shape index (κ3) is 6.11. The highest BCUT2D eigenvalue weighted by atomic mass is 79.9. The van der Waals surface area contributed by atoms with Crippen LogP contribution in [0.2, 0.25) is 0 Å². The zero-order chi connectivity index (χ0) is 20.7. The molecule has 9 heteroatoms. The Morgan fingerprint density at radius 1 is 1.25 bits per heavy atom. The molecule has 7 nitrogen and oxygen atoms in total. The topological polar surface area (TPSA) is 120 Å². The lowest BCUT2D eigenvalue weighted by Gasteiger charge is -2.19. The molecule has 0 saturated carbocycles. The van der Waals surface area contributed by atoms with Gasteiger partial charge in [0.25, 0.3) is 0 Å². The standard InChI is InChI=1S/C19H14Br2N2O5/c20-12-8-14(18(26)15(21)9-12)16(2-1-3-17(24)25)28-19(27)23-13-6-4-11(10-22)5-7-13/h1,3-9,16,26H,2H2,(H,23,27)(H,24,25)/b3-1+/t16-/m0/s1. The molecule has 0 spiro atoms. The maximum absolute atomic E-state index is 12.3. The molecular weight excluding hydrogens is 496 g/mol. The maximum Gasteiger partial charge on any atom is 0.412 e. The fourth-order valence-corrected chi connectivity index (χ4v) is 3.53. The number of aliphatic carboxylic acids is 1. The highest BCUT2D eigenvalue weighted by molar-refractivity contribution is 9.11. The highest BCUT2D eigenvalue weighted by Gasteiger charge is 2.21. The summed E-state index contributed by atoms with van der Waals surface area (Å²) < 4.78 is 6.43. The van der Waals surface area contributed by atoms with E-state index < -0.39 is 18.2 Å². The Morgan fingerprint density at radius 3 is 2.54 bits per heavy atom. The van der Waals surface area contributed by atoms with Crippen molar-refractivity contribution in [2.45, 2.75) is 12.5 Å². The number of hydrogen-bond donors (Lipinski definition) is 3. The van der Waals surface area contributed by atoms with Gasteiger partial charge in [-0.05, 0) is 52.3 Å². The highest BCUT2D eigenvalue weighted by Crippen LogP contribution is 2.38. The van der Waals surface area contributed by atoms with Crippen LogP contribution in [0.1, 0.15) is 23.7 Å². The van der Waals surface area contributed by atoms with E-state index >= 15 is 0 Å². The zero-order valence-electron chi connectivity index (χ0n) is 14.2. The van der Waals surface area contributed by atoms with Gasteiger partial charge < -0.3 is 14.9 Å². The number of benzene rings is 2. The van der Waals surface area contributed by atoms with E-state index in [4.69, 9.17) is 15.1 Å². The molecule has 0 saturated heterocycles. The number of nitriles is 1. The number of phenolic OH excluding ortho intramolecular Hbond substituents is 1. The second kappa shape index (κ2) is 9.92. The number of phenols is 1. The summed E-state index contributed by atoms with van der Waals surface area (Å²) in [6, 6.07) is 11.4. The summed E-state index contributed by atoms with van der Waals surface area (Å²) in [5, 5.41) is 30.4. The number of hydrogen-bond acceptors (Lipinski definition) is 5. The maximum atomic E-state index is 12.3. The van der Waals surface area contributed by atoms with Crippen molar-refractivity contribution in [1.82, 2.24) is 0 Å². The molecule has 2 aromatic rings. The second-order valence-electron chi connectivity index (χ2n) is 5.51. The molecule has 3 N–H and O–H groups in total. The summed E-state index contributed by atoms with van der Waals surface area (Å²) >= 11 is 6.52. The van der Waals surface area contributed by atoms with Crippen LogP contribution in [0, 0.1) is 11.3 Å². The minimum Gasteiger partial charge on any atom is -0.506 e. The number of carboxylic acids is 1. The average Bonchev–Trinajstić information content (AvgIpc) is 2.64. The average molecular weight is 510 g/mol. The van der Waals surface area contributed by atoms with Crippen molar-refractivity contribution < 1.29 is 24.5 Å². The number of carboxylic acid groups (broad SMARTS) is 1. The summed E-state index contributed by atoms with van der Waals surface area (Å²) in [6.07, 6.45) is 0.551. The van der Waals surface area contributed by atoms with Crippen LogP contribution in [-0.2, 0) is 9.53 Å². The van der Waals surface area contributed by atoms with E-state index in [1.165, 1.54) is 6.08 Å². The van der Waals surface area contributed by atoms with Crippen molar-refractivity contribution >= 4 is 49.6 Å². The Hall–Kier alpha value is -2.83. The van der Waals surface area contributed by atoms with Gasteiger partial charge in [0.2, 0.25) is 0 Å². The normalized spacial score (nSPS) is 11.6. The van der Waals surface area contributed by atoms with Crippen LogP contribution in [0.5, 0.6) is 5.75 Å². The molecule has 2 rings (SSSR count). The number of ether oxygens (including phenoxy) is 1. The van der Waals surface area contributed by atoms with Gasteiger partial charge in [-0.1, -0.05) is 22.0 Å². The molecule has 1 atom stereocenters. The molecule has 0 unspecified atom stereocenters. The fraction of sp³-hybridized carbons (Fsp3) is 0.105. The first-order chi connectivity index (χ1) is 13.3. The summed E-state index contributed by atoms with van der Waals surface area (Å²) in [6.45, 7) is 0. The molecular formula is C19H14Br2N2O5. The fourth-order valence-electron chi connectivity index (χ4n) is 2.27. The lowest BCUT2D eigenvalue weighted by atomic mass is 10.0. The van der Waals surface area contributed by atoms with Crippen molar-refractivity contribution in [2.24, 2.45) is 0 Å². The minimum absolute atomic E-state index is 0.0313. The summed E-state index contributed by atoms with van der Waals surface area (Å²) in [5.41, 5.74) is 1.16. The largest absolute Gasteiger partial charge is 0.506 e. The number of amides is 1. The van der Waals surface area contributed by atoms with E-state index in [0.29, 0.717) is 25.8 Å². The van der Waals surface area contributed by atoms with Gasteiger partial charge in [-0.25, -0.2) is 9.59 Å². The minimum atomic E-state index is -1.14. The lowest BCUT2D eigenvalue weighted by Crippen LogP contribution is -2.17. The third-order valence-corrected chi connectivity index (χ3v) is 4.59. The molecule has 0 heterocycles. The zero-order valence-corrected chi connectivity index (χ0v) is 17.4. The first kappa shape index (κ1) is 21.5. The molecule has 0 aliphatic rings. The van der Waals surface area contributed by atoms with E-state index in [0.717, 1.165) is 6.08 Å². The van der Waals surface area contributed by atoms with E-state index in [-0.39, 0.29) is 12.2 Å². The number of nitrogens with zero attached hydrogens (tertiary/aromatic N) is 1. The number of nitrogens with one attached hydrogen (secondary N) is 1. The van der Waals surface area contributed by atoms with Crippen LogP contribution >= 0.6 is 31.9 Å². The molecule has 1 amide bonds. The van der Waals surface area contributed by atoms with Gasteiger partial charge in [0, 0.05) is 28.2 Å². The summed E-state index contributed by atoms with van der Waals surface area (Å²) in [7, 11) is 0. The summed E-state index contributed by atoms with van der Waals surface area (Å²) in [4.78, 5) is 23.0. The predicted molar refractivity (Wildman–Crippen MR) is 109 cm³/mol. The second-order valence-corrected chi connectivity index (χ2v) is 7.28. The number of aromatic hydroxyl groups is 1. The molecule has 0 aliphatic carbocycles.